The number of morpholine rings is 1. The van der Waals surface area contributed by atoms with Crippen LogP contribution in [0.1, 0.15) is 16.2 Å². The fraction of sp³-hybridized carbons (Fsp3) is 0.208. The summed E-state index contributed by atoms with van der Waals surface area (Å²) in [6, 6.07) is 17.0. The maximum absolute atomic E-state index is 11.9. The molecule has 1 N–H and O–H groups in total. The van der Waals surface area contributed by atoms with Crippen LogP contribution in [0.4, 0.5) is 5.69 Å². The van der Waals surface area contributed by atoms with Gasteiger partial charge in [-0.3, -0.25) is 0 Å². The number of aromatic carboxylic acids is 1. The number of carboxylic acids is 1. The largest absolute Gasteiger partial charge is 0.477 e. The van der Waals surface area contributed by atoms with Crippen LogP contribution in [0.3, 0.4) is 0 Å². The molecule has 1 aliphatic rings. The van der Waals surface area contributed by atoms with Gasteiger partial charge in [0.15, 0.2) is 11.3 Å². The molecule has 32 heavy (non-hydrogen) atoms. The molecule has 1 aliphatic heterocycles. The Morgan fingerprint density at radius 3 is 2.50 bits per heavy atom. The van der Waals surface area contributed by atoms with Crippen molar-refractivity contribution in [2.45, 2.75) is 6.92 Å². The van der Waals surface area contributed by atoms with Gasteiger partial charge in [0.1, 0.15) is 0 Å². The summed E-state index contributed by atoms with van der Waals surface area (Å²) in [5.41, 5.74) is 4.74. The molecule has 5 rings (SSSR count). The third kappa shape index (κ3) is 3.70. The fourth-order valence-electron chi connectivity index (χ4n) is 4.09. The lowest BCUT2D eigenvalue weighted by molar-refractivity contribution is 0.0691. The number of aryl methyl sites for hydroxylation is 1. The van der Waals surface area contributed by atoms with Crippen molar-refractivity contribution in [1.82, 2.24) is 14.8 Å². The van der Waals surface area contributed by atoms with E-state index in [4.69, 9.17) is 16.3 Å². The zero-order valence-corrected chi connectivity index (χ0v) is 18.2. The minimum atomic E-state index is -1.09. The number of hydrogen-bond acceptors (Lipinski definition) is 5. The first-order valence-electron chi connectivity index (χ1n) is 10.3. The number of benzene rings is 2. The number of pyridine rings is 1. The Kier molecular flexibility index (Phi) is 5.28. The number of anilines is 1. The standard InChI is InChI=1S/C24H21ClN4O3/c1-15-22-20(16-5-7-18(8-6-16)28-9-11-32-12-10-28)14-21(24(30)31)26-23(22)29(27-15)19-4-2-3-17(25)13-19/h2-8,13-14H,9-12H2,1H3,(H,30,31). The van der Waals surface area contributed by atoms with E-state index in [0.29, 0.717) is 10.7 Å². The number of halogens is 1. The lowest BCUT2D eigenvalue weighted by atomic mass is 10.0. The predicted molar refractivity (Wildman–Crippen MR) is 124 cm³/mol. The van der Waals surface area contributed by atoms with Crippen LogP contribution < -0.4 is 4.90 Å². The van der Waals surface area contributed by atoms with Crippen molar-refractivity contribution in [2.75, 3.05) is 31.2 Å². The van der Waals surface area contributed by atoms with Crippen molar-refractivity contribution in [3.8, 4) is 16.8 Å². The molecule has 1 saturated heterocycles. The second-order valence-corrected chi connectivity index (χ2v) is 8.12. The molecule has 7 nitrogen and oxygen atoms in total. The molecule has 0 aliphatic carbocycles. The first kappa shape index (κ1) is 20.5. The van der Waals surface area contributed by atoms with Gasteiger partial charge in [0.25, 0.3) is 0 Å². The highest BCUT2D eigenvalue weighted by atomic mass is 35.5. The van der Waals surface area contributed by atoms with Crippen LogP contribution in [-0.4, -0.2) is 52.1 Å². The summed E-state index contributed by atoms with van der Waals surface area (Å²) in [6.07, 6.45) is 0. The quantitative estimate of drug-likeness (QED) is 0.492. The van der Waals surface area contributed by atoms with E-state index >= 15 is 0 Å². The number of carboxylic acid groups (broad SMARTS) is 1. The Bertz CT molecular complexity index is 1310. The third-order valence-corrected chi connectivity index (χ3v) is 5.87. The number of ether oxygens (including phenoxy) is 1. The van der Waals surface area contributed by atoms with E-state index in [0.717, 1.165) is 59.9 Å². The molecule has 4 aromatic rings. The molecule has 0 saturated carbocycles. The summed E-state index contributed by atoms with van der Waals surface area (Å²) in [7, 11) is 0. The van der Waals surface area contributed by atoms with Crippen LogP contribution in [0.15, 0.2) is 54.6 Å². The van der Waals surface area contributed by atoms with E-state index in [9.17, 15) is 9.90 Å². The zero-order valence-electron chi connectivity index (χ0n) is 17.5. The predicted octanol–water partition coefficient (Wildman–Crippen LogP) is 4.58. The van der Waals surface area contributed by atoms with E-state index in [1.54, 1.807) is 22.9 Å². The Hall–Kier alpha value is -3.42. The van der Waals surface area contributed by atoms with Gasteiger partial charge in [-0.15, -0.1) is 0 Å². The number of aromatic nitrogens is 3. The van der Waals surface area contributed by atoms with Gasteiger partial charge in [-0.25, -0.2) is 14.5 Å². The molecule has 2 aromatic carbocycles. The van der Waals surface area contributed by atoms with Crippen LogP contribution in [0, 0.1) is 6.92 Å². The summed E-state index contributed by atoms with van der Waals surface area (Å²) >= 11 is 6.17. The molecule has 0 spiro atoms. The van der Waals surface area contributed by atoms with Gasteiger partial charge in [-0.1, -0.05) is 29.8 Å². The smallest absolute Gasteiger partial charge is 0.354 e. The number of rotatable bonds is 4. The van der Waals surface area contributed by atoms with Crippen LogP contribution in [0.5, 0.6) is 0 Å². The van der Waals surface area contributed by atoms with Crippen molar-refractivity contribution in [2.24, 2.45) is 0 Å². The van der Waals surface area contributed by atoms with Crippen LogP contribution >= 0.6 is 11.6 Å². The molecule has 162 valence electrons. The maximum Gasteiger partial charge on any atom is 0.354 e. The first-order chi connectivity index (χ1) is 15.5. The Morgan fingerprint density at radius 2 is 1.81 bits per heavy atom. The second kappa shape index (κ2) is 8.26. The first-order valence-corrected chi connectivity index (χ1v) is 10.7. The van der Waals surface area contributed by atoms with Crippen molar-refractivity contribution in [3.63, 3.8) is 0 Å². The highest BCUT2D eigenvalue weighted by molar-refractivity contribution is 6.30. The average molecular weight is 449 g/mol. The summed E-state index contributed by atoms with van der Waals surface area (Å²) in [5.74, 6) is -1.09. The van der Waals surface area contributed by atoms with E-state index in [-0.39, 0.29) is 5.69 Å². The molecule has 8 heteroatoms. The highest BCUT2D eigenvalue weighted by Crippen LogP contribution is 2.33. The monoisotopic (exact) mass is 448 g/mol. The number of nitrogens with zero attached hydrogens (tertiary/aromatic N) is 4. The van der Waals surface area contributed by atoms with Gasteiger partial charge < -0.3 is 14.7 Å². The fourth-order valence-corrected chi connectivity index (χ4v) is 4.27. The molecule has 2 aromatic heterocycles. The number of hydrogen-bond donors (Lipinski definition) is 1. The van der Waals surface area contributed by atoms with E-state index in [2.05, 4.69) is 27.1 Å². The SMILES string of the molecule is Cc1nn(-c2cccc(Cl)c2)c2nc(C(=O)O)cc(-c3ccc(N4CCOCC4)cc3)c12. The van der Waals surface area contributed by atoms with Crippen molar-refractivity contribution in [3.05, 3.63) is 71.0 Å². The Balaban J connectivity index is 1.66. The topological polar surface area (TPSA) is 80.5 Å². The Morgan fingerprint density at radius 1 is 1.06 bits per heavy atom. The summed E-state index contributed by atoms with van der Waals surface area (Å²) in [4.78, 5) is 18.6. The summed E-state index contributed by atoms with van der Waals surface area (Å²) in [5, 5.41) is 15.8. The minimum Gasteiger partial charge on any atom is -0.477 e. The van der Waals surface area contributed by atoms with Gasteiger partial charge in [0.05, 0.1) is 30.0 Å². The Labute approximate surface area is 189 Å². The van der Waals surface area contributed by atoms with E-state index in [1.807, 2.05) is 31.2 Å². The molecule has 0 radical (unpaired) electrons. The van der Waals surface area contributed by atoms with E-state index in [1.165, 1.54) is 0 Å². The zero-order chi connectivity index (χ0) is 22.2. The van der Waals surface area contributed by atoms with Gasteiger partial charge >= 0.3 is 5.97 Å². The molecule has 0 atom stereocenters. The average Bonchev–Trinajstić information content (AvgIpc) is 3.16. The molecular formula is C24H21ClN4O3. The highest BCUT2D eigenvalue weighted by Gasteiger charge is 2.20. The van der Waals surface area contributed by atoms with Crippen molar-refractivity contribution in [1.29, 1.82) is 0 Å². The van der Waals surface area contributed by atoms with Crippen LogP contribution in [0.25, 0.3) is 27.8 Å². The van der Waals surface area contributed by atoms with Gasteiger partial charge in [-0.2, -0.15) is 5.10 Å². The number of fused-ring (bicyclic) bond motifs is 1. The van der Waals surface area contributed by atoms with Crippen LogP contribution in [-0.2, 0) is 4.74 Å². The lowest BCUT2D eigenvalue weighted by Gasteiger charge is -2.29. The third-order valence-electron chi connectivity index (χ3n) is 5.64. The van der Waals surface area contributed by atoms with Gasteiger partial charge in [0, 0.05) is 23.8 Å². The lowest BCUT2D eigenvalue weighted by Crippen LogP contribution is -2.36. The molecular weight excluding hydrogens is 428 g/mol. The molecule has 0 unspecified atom stereocenters. The van der Waals surface area contributed by atoms with Crippen molar-refractivity contribution >= 4 is 34.3 Å². The maximum atomic E-state index is 11.9. The van der Waals surface area contributed by atoms with Gasteiger partial charge in [-0.05, 0) is 54.4 Å². The molecule has 1 fully saturated rings. The second-order valence-electron chi connectivity index (χ2n) is 7.68. The van der Waals surface area contributed by atoms with Crippen LogP contribution in [0.2, 0.25) is 5.02 Å². The summed E-state index contributed by atoms with van der Waals surface area (Å²) in [6.45, 7) is 5.05. The molecule has 0 bridgehead atoms. The van der Waals surface area contributed by atoms with Crippen molar-refractivity contribution < 1.29 is 14.6 Å². The van der Waals surface area contributed by atoms with Gasteiger partial charge in [0.2, 0.25) is 0 Å². The molecule has 3 heterocycles. The summed E-state index contributed by atoms with van der Waals surface area (Å²) < 4.78 is 7.08. The minimum absolute atomic E-state index is 0.0343. The van der Waals surface area contributed by atoms with E-state index < -0.39 is 5.97 Å². The molecule has 0 amide bonds. The normalized spacial score (nSPS) is 14.1. The number of carbonyl (C=O) groups is 1.